The van der Waals surface area contributed by atoms with Crippen molar-refractivity contribution >= 4 is 19.7 Å². The van der Waals surface area contributed by atoms with Gasteiger partial charge < -0.3 is 0 Å². The molecule has 7 heteroatoms. The normalized spacial score (nSPS) is 15.8. The van der Waals surface area contributed by atoms with Gasteiger partial charge in [-0.3, -0.25) is 0 Å². The molecule has 80 valence electrons. The first-order valence-corrected chi connectivity index (χ1v) is 6.00. The molecule has 0 spiro atoms. The molecule has 0 fully saturated rings. The Hall–Kier alpha value is 0.0300. The van der Waals surface area contributed by atoms with Crippen LogP contribution in [-0.2, 0) is 9.05 Å². The summed E-state index contributed by atoms with van der Waals surface area (Å²) in [5.41, 5.74) is 0. The lowest BCUT2D eigenvalue weighted by molar-refractivity contribution is -0.135. The first kappa shape index (κ1) is 13.0. The van der Waals surface area contributed by atoms with Gasteiger partial charge in [0.05, 0.1) is 5.25 Å². The molecule has 0 aliphatic heterocycles. The number of alkyl halides is 3. The third kappa shape index (κ3) is 7.13. The van der Waals surface area contributed by atoms with E-state index >= 15 is 0 Å². The van der Waals surface area contributed by atoms with E-state index in [1.807, 2.05) is 0 Å². The Morgan fingerprint density at radius 2 is 1.85 bits per heavy atom. The first-order valence-electron chi connectivity index (χ1n) is 3.63. The van der Waals surface area contributed by atoms with Crippen molar-refractivity contribution in [1.29, 1.82) is 0 Å². The molecule has 0 aromatic carbocycles. The molecular formula is C6H10ClF3O2S. The Bertz CT molecular complexity index is 247. The van der Waals surface area contributed by atoms with Gasteiger partial charge in [0.1, 0.15) is 0 Å². The summed E-state index contributed by atoms with van der Waals surface area (Å²) < 4.78 is 56.0. The van der Waals surface area contributed by atoms with Crippen molar-refractivity contribution in [2.24, 2.45) is 0 Å². The minimum Gasteiger partial charge on any atom is -0.212 e. The second-order valence-corrected chi connectivity index (χ2v) is 5.84. The molecule has 1 unspecified atom stereocenters. The van der Waals surface area contributed by atoms with Crippen LogP contribution in [0.2, 0.25) is 0 Å². The van der Waals surface area contributed by atoms with Crippen molar-refractivity contribution in [3.8, 4) is 0 Å². The summed E-state index contributed by atoms with van der Waals surface area (Å²) >= 11 is 0. The average molecular weight is 239 g/mol. The zero-order chi connectivity index (χ0) is 10.7. The molecule has 0 aliphatic rings. The monoisotopic (exact) mass is 238 g/mol. The van der Waals surface area contributed by atoms with Crippen molar-refractivity contribution in [2.45, 2.75) is 37.6 Å². The zero-order valence-electron chi connectivity index (χ0n) is 6.94. The van der Waals surface area contributed by atoms with Gasteiger partial charge in [0.2, 0.25) is 9.05 Å². The van der Waals surface area contributed by atoms with E-state index in [2.05, 4.69) is 0 Å². The molecule has 0 bridgehead atoms. The highest BCUT2D eigenvalue weighted by atomic mass is 35.7. The van der Waals surface area contributed by atoms with E-state index in [0.29, 0.717) is 0 Å². The smallest absolute Gasteiger partial charge is 0.212 e. The summed E-state index contributed by atoms with van der Waals surface area (Å²) in [6.07, 6.45) is -5.47. The van der Waals surface area contributed by atoms with Gasteiger partial charge in [-0.25, -0.2) is 8.42 Å². The second-order valence-electron chi connectivity index (χ2n) is 2.79. The summed E-state index contributed by atoms with van der Waals surface area (Å²) in [5, 5.41) is -0.920. The molecule has 0 radical (unpaired) electrons. The van der Waals surface area contributed by atoms with E-state index in [1.54, 1.807) is 0 Å². The lowest BCUT2D eigenvalue weighted by atomic mass is 10.2. The number of hydrogen-bond acceptors (Lipinski definition) is 2. The SMILES string of the molecule is CC(CCCC(F)(F)F)S(=O)(=O)Cl. The number of halogens is 4. The van der Waals surface area contributed by atoms with Gasteiger partial charge in [0.15, 0.2) is 0 Å². The van der Waals surface area contributed by atoms with E-state index in [4.69, 9.17) is 10.7 Å². The van der Waals surface area contributed by atoms with Gasteiger partial charge in [0.25, 0.3) is 0 Å². The van der Waals surface area contributed by atoms with E-state index < -0.39 is 26.9 Å². The molecule has 2 nitrogen and oxygen atoms in total. The summed E-state index contributed by atoms with van der Waals surface area (Å²) in [6, 6.07) is 0. The predicted octanol–water partition coefficient (Wildman–Crippen LogP) is 2.68. The van der Waals surface area contributed by atoms with E-state index in [0.717, 1.165) is 0 Å². The third-order valence-corrected chi connectivity index (χ3v) is 3.66. The second kappa shape index (κ2) is 4.50. The van der Waals surface area contributed by atoms with Gasteiger partial charge in [0, 0.05) is 17.1 Å². The van der Waals surface area contributed by atoms with Gasteiger partial charge >= 0.3 is 6.18 Å². The van der Waals surface area contributed by atoms with E-state index in [1.165, 1.54) is 6.92 Å². The van der Waals surface area contributed by atoms with E-state index in [9.17, 15) is 21.6 Å². The third-order valence-electron chi connectivity index (χ3n) is 1.55. The van der Waals surface area contributed by atoms with Crippen LogP contribution in [0.15, 0.2) is 0 Å². The quantitative estimate of drug-likeness (QED) is 0.706. The minimum absolute atomic E-state index is 0.0641. The molecular weight excluding hydrogens is 229 g/mol. The fraction of sp³-hybridized carbons (Fsp3) is 1.00. The predicted molar refractivity (Wildman–Crippen MR) is 44.1 cm³/mol. The summed E-state index contributed by atoms with van der Waals surface area (Å²) in [5.74, 6) is 0. The fourth-order valence-corrected chi connectivity index (χ4v) is 1.45. The topological polar surface area (TPSA) is 34.1 Å². The van der Waals surface area contributed by atoms with Crippen LogP contribution >= 0.6 is 10.7 Å². The van der Waals surface area contributed by atoms with Crippen LogP contribution in [0.3, 0.4) is 0 Å². The molecule has 0 amide bonds. The highest BCUT2D eigenvalue weighted by Crippen LogP contribution is 2.24. The fourth-order valence-electron chi connectivity index (χ4n) is 0.731. The molecule has 0 aromatic heterocycles. The standard InChI is InChI=1S/C6H10ClF3O2S/c1-5(13(7,11)12)3-2-4-6(8,9)10/h5H,2-4H2,1H3. The van der Waals surface area contributed by atoms with Gasteiger partial charge in [-0.05, 0) is 19.8 Å². The zero-order valence-corrected chi connectivity index (χ0v) is 8.51. The van der Waals surface area contributed by atoms with Crippen LogP contribution in [0, 0.1) is 0 Å². The van der Waals surface area contributed by atoms with Crippen LogP contribution in [-0.4, -0.2) is 19.8 Å². The molecule has 0 rings (SSSR count). The van der Waals surface area contributed by atoms with Crippen molar-refractivity contribution in [3.05, 3.63) is 0 Å². The highest BCUT2D eigenvalue weighted by Gasteiger charge is 2.27. The average Bonchev–Trinajstić information content (AvgIpc) is 1.82. The number of rotatable bonds is 4. The lowest BCUT2D eigenvalue weighted by Gasteiger charge is -2.08. The Morgan fingerprint density at radius 1 is 1.38 bits per heavy atom. The van der Waals surface area contributed by atoms with Crippen LogP contribution in [0.4, 0.5) is 13.2 Å². The molecule has 0 N–H and O–H groups in total. The minimum atomic E-state index is -4.23. The number of hydrogen-bond donors (Lipinski definition) is 0. The Balaban J connectivity index is 3.80. The summed E-state index contributed by atoms with van der Waals surface area (Å²) in [6.45, 7) is 1.29. The summed E-state index contributed by atoms with van der Waals surface area (Å²) in [7, 11) is 1.21. The van der Waals surface area contributed by atoms with Crippen LogP contribution < -0.4 is 0 Å². The maximum absolute atomic E-state index is 11.6. The van der Waals surface area contributed by atoms with Crippen molar-refractivity contribution < 1.29 is 21.6 Å². The van der Waals surface area contributed by atoms with Crippen molar-refractivity contribution in [2.75, 3.05) is 0 Å². The maximum Gasteiger partial charge on any atom is 0.389 e. The Morgan fingerprint density at radius 3 is 2.15 bits per heavy atom. The van der Waals surface area contributed by atoms with Gasteiger partial charge in [-0.2, -0.15) is 13.2 Å². The largest absolute Gasteiger partial charge is 0.389 e. The van der Waals surface area contributed by atoms with Gasteiger partial charge in [-0.1, -0.05) is 0 Å². The Labute approximate surface area is 79.5 Å². The molecule has 1 atom stereocenters. The molecule has 0 saturated carbocycles. The first-order chi connectivity index (χ1) is 5.63. The van der Waals surface area contributed by atoms with Crippen LogP contribution in [0.1, 0.15) is 26.2 Å². The maximum atomic E-state index is 11.6. The Kier molecular flexibility index (Phi) is 4.51. The molecule has 13 heavy (non-hydrogen) atoms. The highest BCUT2D eigenvalue weighted by molar-refractivity contribution is 8.14. The molecule has 0 aliphatic carbocycles. The molecule has 0 aromatic rings. The summed E-state index contributed by atoms with van der Waals surface area (Å²) in [4.78, 5) is 0. The van der Waals surface area contributed by atoms with Gasteiger partial charge in [-0.15, -0.1) is 0 Å². The molecule has 0 saturated heterocycles. The van der Waals surface area contributed by atoms with Crippen molar-refractivity contribution in [3.63, 3.8) is 0 Å². The lowest BCUT2D eigenvalue weighted by Crippen LogP contribution is -2.14. The van der Waals surface area contributed by atoms with Crippen molar-refractivity contribution in [1.82, 2.24) is 0 Å². The van der Waals surface area contributed by atoms with Crippen LogP contribution in [0.25, 0.3) is 0 Å². The van der Waals surface area contributed by atoms with Crippen LogP contribution in [0.5, 0.6) is 0 Å². The van der Waals surface area contributed by atoms with E-state index in [-0.39, 0.29) is 12.8 Å². The molecule has 0 heterocycles.